The topological polar surface area (TPSA) is 0 Å². The van der Waals surface area contributed by atoms with Gasteiger partial charge in [0.05, 0.1) is 0 Å². The Kier molecular flexibility index (Phi) is 6.50. The van der Waals surface area contributed by atoms with Gasteiger partial charge in [-0.2, -0.15) is 24.4 Å². The number of hydrogen-bond donors (Lipinski definition) is 1. The van der Waals surface area contributed by atoms with Crippen molar-refractivity contribution in [3.05, 3.63) is 0 Å². The minimum absolute atomic E-state index is 0.827. The molecule has 72 valence electrons. The molecule has 1 fully saturated rings. The maximum absolute atomic E-state index is 4.21. The highest BCUT2D eigenvalue weighted by molar-refractivity contribution is 8.19. The predicted molar refractivity (Wildman–Crippen MR) is 69.1 cm³/mol. The smallest absolute Gasteiger partial charge is 0.0395 e. The van der Waals surface area contributed by atoms with E-state index in [0.717, 1.165) is 16.3 Å². The van der Waals surface area contributed by atoms with Crippen LogP contribution in [0.15, 0.2) is 0 Å². The highest BCUT2D eigenvalue weighted by Crippen LogP contribution is 2.34. The molecule has 0 N–H and O–H groups in total. The summed E-state index contributed by atoms with van der Waals surface area (Å²) in [6, 6.07) is 0. The van der Waals surface area contributed by atoms with Crippen molar-refractivity contribution in [1.29, 1.82) is 0 Å². The van der Waals surface area contributed by atoms with Crippen LogP contribution in [-0.4, -0.2) is 32.8 Å². The van der Waals surface area contributed by atoms with Crippen LogP contribution in [0.2, 0.25) is 0 Å². The zero-order valence-corrected chi connectivity index (χ0v) is 10.7. The van der Waals surface area contributed by atoms with Gasteiger partial charge in [0.1, 0.15) is 0 Å². The van der Waals surface area contributed by atoms with E-state index < -0.39 is 0 Å². The van der Waals surface area contributed by atoms with Crippen LogP contribution in [0, 0.1) is 0 Å². The van der Waals surface area contributed by atoms with Crippen molar-refractivity contribution >= 4 is 47.9 Å². The van der Waals surface area contributed by atoms with Crippen LogP contribution in [0.4, 0.5) is 0 Å². The molecule has 0 radical (unpaired) electrons. The molecule has 12 heavy (non-hydrogen) atoms. The van der Waals surface area contributed by atoms with E-state index in [4.69, 9.17) is 0 Å². The summed E-state index contributed by atoms with van der Waals surface area (Å²) in [5.74, 6) is 3.59. The number of thiol groups is 1. The van der Waals surface area contributed by atoms with Gasteiger partial charge < -0.3 is 0 Å². The second-order valence-corrected chi connectivity index (χ2v) is 7.60. The molecule has 2 unspecified atom stereocenters. The third kappa shape index (κ3) is 4.58. The largest absolute Gasteiger partial charge is 0.179 e. The molecule has 4 heteroatoms. The average Bonchev–Trinajstić information content (AvgIpc) is 2.53. The second-order valence-electron chi connectivity index (χ2n) is 2.92. The minimum Gasteiger partial charge on any atom is -0.179 e. The molecule has 0 saturated carbocycles. The lowest BCUT2D eigenvalue weighted by Gasteiger charge is -2.13. The van der Waals surface area contributed by atoms with Gasteiger partial charge in [-0.05, 0) is 12.2 Å². The van der Waals surface area contributed by atoms with Crippen LogP contribution in [0.25, 0.3) is 0 Å². The highest BCUT2D eigenvalue weighted by Gasteiger charge is 2.18. The molecule has 1 aliphatic heterocycles. The molecular formula is C8H16S4. The third-order valence-corrected chi connectivity index (χ3v) is 6.40. The maximum Gasteiger partial charge on any atom is 0.0395 e. The van der Waals surface area contributed by atoms with E-state index in [-0.39, 0.29) is 0 Å². The zero-order chi connectivity index (χ0) is 8.81. The van der Waals surface area contributed by atoms with Crippen molar-refractivity contribution in [1.82, 2.24) is 0 Å². The van der Waals surface area contributed by atoms with E-state index in [1.54, 1.807) is 0 Å². The van der Waals surface area contributed by atoms with E-state index in [0.29, 0.717) is 0 Å². The lowest BCUT2D eigenvalue weighted by atomic mass is 10.3. The highest BCUT2D eigenvalue weighted by atomic mass is 32.2. The standard InChI is InChI=1S/C8H16S4/c1-7(11-3-2-9)4-8-5-10-6-12-8/h7-9H,2-6H2,1H3. The summed E-state index contributed by atoms with van der Waals surface area (Å²) in [5, 5.41) is 3.07. The zero-order valence-electron chi connectivity index (χ0n) is 7.36. The summed E-state index contributed by atoms with van der Waals surface area (Å²) in [7, 11) is 0. The number of hydrogen-bond acceptors (Lipinski definition) is 4. The molecule has 1 aliphatic rings. The molecule has 1 heterocycles. The van der Waals surface area contributed by atoms with Crippen molar-refractivity contribution in [3.8, 4) is 0 Å². The van der Waals surface area contributed by atoms with Crippen molar-refractivity contribution in [2.45, 2.75) is 23.8 Å². The third-order valence-electron chi connectivity index (χ3n) is 1.78. The monoisotopic (exact) mass is 240 g/mol. The van der Waals surface area contributed by atoms with Crippen molar-refractivity contribution in [2.75, 3.05) is 22.3 Å². The first kappa shape index (κ1) is 11.5. The van der Waals surface area contributed by atoms with Gasteiger partial charge in [-0.1, -0.05) is 6.92 Å². The lowest BCUT2D eigenvalue weighted by molar-refractivity contribution is 0.815. The predicted octanol–water partition coefficient (Wildman–Crippen LogP) is 3.23. The summed E-state index contributed by atoms with van der Waals surface area (Å²) in [5.41, 5.74) is 0. The Balaban J connectivity index is 2.03. The fourth-order valence-electron chi connectivity index (χ4n) is 1.20. The Labute approximate surface area is 93.8 Å². The van der Waals surface area contributed by atoms with Gasteiger partial charge in [-0.3, -0.25) is 0 Å². The molecule has 0 bridgehead atoms. The number of thioether (sulfide) groups is 3. The fourth-order valence-corrected chi connectivity index (χ4v) is 5.55. The molecule has 0 aliphatic carbocycles. The van der Waals surface area contributed by atoms with Gasteiger partial charge >= 0.3 is 0 Å². The SMILES string of the molecule is CC(CC1CSCS1)SCCS. The first-order chi connectivity index (χ1) is 5.83. The normalized spacial score (nSPS) is 26.0. The van der Waals surface area contributed by atoms with Crippen LogP contribution in [0.3, 0.4) is 0 Å². The van der Waals surface area contributed by atoms with Gasteiger partial charge in [0, 0.05) is 27.1 Å². The molecule has 0 spiro atoms. The lowest BCUT2D eigenvalue weighted by Crippen LogP contribution is -2.10. The van der Waals surface area contributed by atoms with Crippen molar-refractivity contribution in [3.63, 3.8) is 0 Å². The average molecular weight is 240 g/mol. The first-order valence-electron chi connectivity index (χ1n) is 4.24. The Morgan fingerprint density at radius 3 is 3.08 bits per heavy atom. The van der Waals surface area contributed by atoms with Gasteiger partial charge in [0.2, 0.25) is 0 Å². The van der Waals surface area contributed by atoms with Crippen LogP contribution >= 0.6 is 47.9 Å². The van der Waals surface area contributed by atoms with Crippen LogP contribution in [0.5, 0.6) is 0 Å². The second kappa shape index (κ2) is 6.80. The molecular weight excluding hydrogens is 224 g/mol. The Morgan fingerprint density at radius 1 is 1.67 bits per heavy atom. The van der Waals surface area contributed by atoms with Crippen molar-refractivity contribution in [2.24, 2.45) is 0 Å². The van der Waals surface area contributed by atoms with Crippen LogP contribution < -0.4 is 0 Å². The van der Waals surface area contributed by atoms with Gasteiger partial charge in [0.15, 0.2) is 0 Å². The van der Waals surface area contributed by atoms with Crippen LogP contribution in [0.1, 0.15) is 13.3 Å². The summed E-state index contributed by atoms with van der Waals surface area (Å²) < 4.78 is 0. The summed E-state index contributed by atoms with van der Waals surface area (Å²) in [6.45, 7) is 2.34. The van der Waals surface area contributed by atoms with Crippen molar-refractivity contribution < 1.29 is 0 Å². The van der Waals surface area contributed by atoms with E-state index in [1.165, 1.54) is 23.0 Å². The molecule has 1 rings (SSSR count). The Morgan fingerprint density at radius 2 is 2.50 bits per heavy atom. The molecule has 0 amide bonds. The molecule has 0 aromatic carbocycles. The molecule has 0 aromatic rings. The van der Waals surface area contributed by atoms with Gasteiger partial charge in [-0.25, -0.2) is 0 Å². The van der Waals surface area contributed by atoms with E-state index >= 15 is 0 Å². The maximum atomic E-state index is 4.21. The quantitative estimate of drug-likeness (QED) is 0.733. The van der Waals surface area contributed by atoms with Gasteiger partial charge in [-0.15, -0.1) is 23.5 Å². The van der Waals surface area contributed by atoms with Gasteiger partial charge in [0.25, 0.3) is 0 Å². The Bertz CT molecular complexity index is 112. The summed E-state index contributed by atoms with van der Waals surface area (Å²) >= 11 is 10.5. The number of rotatable bonds is 5. The summed E-state index contributed by atoms with van der Waals surface area (Å²) in [4.78, 5) is 0. The minimum atomic E-state index is 0.827. The molecule has 0 nitrogen and oxygen atoms in total. The first-order valence-corrected chi connectivity index (χ1v) is 8.13. The molecule has 2 atom stereocenters. The van der Waals surface area contributed by atoms with Crippen LogP contribution in [-0.2, 0) is 0 Å². The van der Waals surface area contributed by atoms with E-state index in [1.807, 2.05) is 0 Å². The fraction of sp³-hybridized carbons (Fsp3) is 1.00. The van der Waals surface area contributed by atoms with E-state index in [9.17, 15) is 0 Å². The molecule has 1 saturated heterocycles. The summed E-state index contributed by atoms with van der Waals surface area (Å²) in [6.07, 6.45) is 1.39. The van der Waals surface area contributed by atoms with E-state index in [2.05, 4.69) is 54.8 Å². The Hall–Kier alpha value is 1.40. The molecule has 0 aromatic heterocycles.